The van der Waals surface area contributed by atoms with Crippen LogP contribution in [0.15, 0.2) is 66.2 Å². The molecule has 0 bridgehead atoms. The Morgan fingerprint density at radius 2 is 1.76 bits per heavy atom. The van der Waals surface area contributed by atoms with E-state index in [4.69, 9.17) is 32.7 Å². The second-order valence-corrected chi connectivity index (χ2v) is 8.20. The summed E-state index contributed by atoms with van der Waals surface area (Å²) in [6, 6.07) is 13.5. The summed E-state index contributed by atoms with van der Waals surface area (Å²) in [6.07, 6.45) is 0. The summed E-state index contributed by atoms with van der Waals surface area (Å²) in [5.74, 6) is -1.96. The van der Waals surface area contributed by atoms with Crippen LogP contribution in [0.1, 0.15) is 17.2 Å². The zero-order chi connectivity index (χ0) is 23.3. The van der Waals surface area contributed by atoms with Crippen molar-refractivity contribution in [2.24, 2.45) is 0 Å². The fourth-order valence-electron chi connectivity index (χ4n) is 3.92. The number of aliphatic hydroxyl groups excluding tert-OH is 1. The van der Waals surface area contributed by atoms with E-state index in [0.717, 1.165) is 11.0 Å². The van der Waals surface area contributed by atoms with E-state index in [9.17, 15) is 19.1 Å². The third-order valence-electron chi connectivity index (χ3n) is 5.44. The minimum Gasteiger partial charge on any atom is -0.507 e. The molecule has 1 fully saturated rings. The van der Waals surface area contributed by atoms with E-state index in [-0.39, 0.29) is 33.7 Å². The summed E-state index contributed by atoms with van der Waals surface area (Å²) in [5.41, 5.74) is 0.635. The van der Waals surface area contributed by atoms with Gasteiger partial charge in [-0.1, -0.05) is 35.3 Å². The third kappa shape index (κ3) is 3.59. The van der Waals surface area contributed by atoms with Crippen molar-refractivity contribution >= 4 is 46.3 Å². The van der Waals surface area contributed by atoms with Crippen LogP contribution in [0.4, 0.5) is 10.1 Å². The molecule has 0 spiro atoms. The standard InChI is InChI=1S/C24H14Cl2FNO5/c25-16-6-4-12(8-17(16)26)21-20(22(29)13-5-7-18-19(9-13)33-11-32-18)23(30)24(31)28(21)15-3-1-2-14(27)10-15/h1-10,21,29H,11H2/b22-20-. The number of benzene rings is 3. The Balaban J connectivity index is 1.73. The number of hydrogen-bond acceptors (Lipinski definition) is 5. The van der Waals surface area contributed by atoms with Crippen molar-refractivity contribution in [2.45, 2.75) is 6.04 Å². The number of carbonyl (C=O) groups excluding carboxylic acids is 2. The Morgan fingerprint density at radius 3 is 2.52 bits per heavy atom. The molecule has 6 nitrogen and oxygen atoms in total. The predicted molar refractivity (Wildman–Crippen MR) is 120 cm³/mol. The Morgan fingerprint density at radius 1 is 0.970 bits per heavy atom. The van der Waals surface area contributed by atoms with Crippen LogP contribution in [0, 0.1) is 5.82 Å². The van der Waals surface area contributed by atoms with E-state index in [0.29, 0.717) is 17.1 Å². The van der Waals surface area contributed by atoms with Gasteiger partial charge in [-0.3, -0.25) is 14.5 Å². The first-order chi connectivity index (χ1) is 15.8. The summed E-state index contributed by atoms with van der Waals surface area (Å²) in [6.45, 7) is 0.0345. The topological polar surface area (TPSA) is 76.1 Å². The smallest absolute Gasteiger partial charge is 0.300 e. The van der Waals surface area contributed by atoms with Gasteiger partial charge in [0.2, 0.25) is 6.79 Å². The Hall–Kier alpha value is -3.55. The van der Waals surface area contributed by atoms with E-state index in [1.807, 2.05) is 0 Å². The van der Waals surface area contributed by atoms with Crippen molar-refractivity contribution in [3.63, 3.8) is 0 Å². The van der Waals surface area contributed by atoms with Gasteiger partial charge in [0, 0.05) is 11.3 Å². The molecule has 3 aromatic carbocycles. The van der Waals surface area contributed by atoms with Crippen LogP contribution < -0.4 is 14.4 Å². The fourth-order valence-corrected chi connectivity index (χ4v) is 4.23. The molecule has 33 heavy (non-hydrogen) atoms. The molecule has 0 aliphatic carbocycles. The molecule has 1 amide bonds. The van der Waals surface area contributed by atoms with Gasteiger partial charge in [0.1, 0.15) is 11.6 Å². The van der Waals surface area contributed by atoms with Crippen molar-refractivity contribution in [1.82, 2.24) is 0 Å². The Bertz CT molecular complexity index is 1360. The van der Waals surface area contributed by atoms with Crippen molar-refractivity contribution < 1.29 is 28.6 Å². The van der Waals surface area contributed by atoms with Crippen LogP contribution in [0.25, 0.3) is 5.76 Å². The quantitative estimate of drug-likeness (QED) is 0.301. The zero-order valence-electron chi connectivity index (χ0n) is 16.7. The van der Waals surface area contributed by atoms with Crippen molar-refractivity contribution in [3.05, 3.63) is 93.2 Å². The number of halogens is 3. The number of aliphatic hydroxyl groups is 1. The van der Waals surface area contributed by atoms with Crippen molar-refractivity contribution in [2.75, 3.05) is 11.7 Å². The fraction of sp³-hybridized carbons (Fsp3) is 0.0833. The van der Waals surface area contributed by atoms with Gasteiger partial charge < -0.3 is 14.6 Å². The number of Topliss-reactive ketones (excluding diaryl/α,β-unsaturated/α-hetero) is 1. The van der Waals surface area contributed by atoms with Crippen LogP contribution in [0.3, 0.4) is 0 Å². The number of fused-ring (bicyclic) bond motifs is 1. The first-order valence-electron chi connectivity index (χ1n) is 9.76. The lowest BCUT2D eigenvalue weighted by Gasteiger charge is -2.25. The van der Waals surface area contributed by atoms with E-state index in [1.54, 1.807) is 18.2 Å². The van der Waals surface area contributed by atoms with Gasteiger partial charge >= 0.3 is 0 Å². The highest BCUT2D eigenvalue weighted by atomic mass is 35.5. The number of amides is 1. The highest BCUT2D eigenvalue weighted by molar-refractivity contribution is 6.51. The van der Waals surface area contributed by atoms with Crippen LogP contribution in [0.5, 0.6) is 11.5 Å². The van der Waals surface area contributed by atoms with Gasteiger partial charge in [0.05, 0.1) is 21.7 Å². The molecule has 5 rings (SSSR count). The lowest BCUT2D eigenvalue weighted by molar-refractivity contribution is -0.132. The summed E-state index contributed by atoms with van der Waals surface area (Å²) >= 11 is 12.3. The molecule has 2 aliphatic rings. The van der Waals surface area contributed by atoms with Gasteiger partial charge in [-0.15, -0.1) is 0 Å². The third-order valence-corrected chi connectivity index (χ3v) is 6.18. The molecule has 166 valence electrons. The minimum absolute atomic E-state index is 0.0345. The molecular weight excluding hydrogens is 472 g/mol. The average Bonchev–Trinajstić information content (AvgIpc) is 3.37. The summed E-state index contributed by atoms with van der Waals surface area (Å²) in [4.78, 5) is 27.4. The highest BCUT2D eigenvalue weighted by Crippen LogP contribution is 2.44. The van der Waals surface area contributed by atoms with E-state index >= 15 is 0 Å². The summed E-state index contributed by atoms with van der Waals surface area (Å²) in [7, 11) is 0. The Labute approximate surface area is 197 Å². The first kappa shape index (κ1) is 21.3. The summed E-state index contributed by atoms with van der Waals surface area (Å²) < 4.78 is 24.6. The van der Waals surface area contributed by atoms with Gasteiger partial charge in [0.15, 0.2) is 11.5 Å². The minimum atomic E-state index is -1.08. The maximum Gasteiger partial charge on any atom is 0.300 e. The molecule has 2 aliphatic heterocycles. The number of ether oxygens (including phenoxy) is 2. The number of rotatable bonds is 3. The predicted octanol–water partition coefficient (Wildman–Crippen LogP) is 5.49. The van der Waals surface area contributed by atoms with Gasteiger partial charge in [-0.2, -0.15) is 0 Å². The number of hydrogen-bond donors (Lipinski definition) is 1. The molecule has 2 heterocycles. The SMILES string of the molecule is O=C1C(=O)N(c2cccc(F)c2)C(c2ccc(Cl)c(Cl)c2)/C1=C(/O)c1ccc2c(c1)OCO2. The number of ketones is 1. The number of carbonyl (C=O) groups is 2. The average molecular weight is 486 g/mol. The molecule has 1 N–H and O–H groups in total. The van der Waals surface area contributed by atoms with Crippen LogP contribution in [-0.4, -0.2) is 23.6 Å². The van der Waals surface area contributed by atoms with Crippen molar-refractivity contribution in [1.29, 1.82) is 0 Å². The van der Waals surface area contributed by atoms with E-state index in [2.05, 4.69) is 0 Å². The second kappa shape index (κ2) is 8.10. The molecule has 1 atom stereocenters. The highest BCUT2D eigenvalue weighted by Gasteiger charge is 2.47. The molecular formula is C24H14Cl2FNO5. The monoisotopic (exact) mass is 485 g/mol. The van der Waals surface area contributed by atoms with Crippen LogP contribution >= 0.6 is 23.2 Å². The molecule has 0 aromatic heterocycles. The van der Waals surface area contributed by atoms with E-state index in [1.165, 1.54) is 36.4 Å². The van der Waals surface area contributed by atoms with Gasteiger partial charge in [-0.05, 0) is 54.1 Å². The molecule has 9 heteroatoms. The maximum atomic E-state index is 14.0. The maximum absolute atomic E-state index is 14.0. The largest absolute Gasteiger partial charge is 0.507 e. The number of anilines is 1. The first-order valence-corrected chi connectivity index (χ1v) is 10.5. The van der Waals surface area contributed by atoms with E-state index < -0.39 is 29.3 Å². The molecule has 0 radical (unpaired) electrons. The molecule has 1 unspecified atom stereocenters. The zero-order valence-corrected chi connectivity index (χ0v) is 18.2. The van der Waals surface area contributed by atoms with Crippen LogP contribution in [0.2, 0.25) is 10.0 Å². The summed E-state index contributed by atoms with van der Waals surface area (Å²) in [5, 5.41) is 11.6. The van der Waals surface area contributed by atoms with Gasteiger partial charge in [-0.25, -0.2) is 4.39 Å². The lowest BCUT2D eigenvalue weighted by atomic mass is 9.95. The molecule has 0 saturated carbocycles. The van der Waals surface area contributed by atoms with Crippen LogP contribution in [-0.2, 0) is 9.59 Å². The van der Waals surface area contributed by atoms with Gasteiger partial charge in [0.25, 0.3) is 11.7 Å². The second-order valence-electron chi connectivity index (χ2n) is 7.39. The van der Waals surface area contributed by atoms with Crippen molar-refractivity contribution in [3.8, 4) is 11.5 Å². The molecule has 1 saturated heterocycles. The lowest BCUT2D eigenvalue weighted by Crippen LogP contribution is -2.29. The molecule has 3 aromatic rings. The Kier molecular flexibility index (Phi) is 5.23. The number of nitrogens with zero attached hydrogens (tertiary/aromatic N) is 1. The normalized spacial score (nSPS) is 18.8.